The highest BCUT2D eigenvalue weighted by atomic mass is 127. The summed E-state index contributed by atoms with van der Waals surface area (Å²) in [6.45, 7) is 8.47. The van der Waals surface area contributed by atoms with E-state index in [2.05, 4.69) is 46.1 Å². The molecular weight excluding hydrogens is 455 g/mol. The highest BCUT2D eigenvalue weighted by Gasteiger charge is 2.22. The Bertz CT molecular complexity index is 630. The summed E-state index contributed by atoms with van der Waals surface area (Å²) in [6, 6.07) is 6.29. The first-order valence-electron chi connectivity index (χ1n) is 9.44. The van der Waals surface area contributed by atoms with E-state index in [-0.39, 0.29) is 35.8 Å². The van der Waals surface area contributed by atoms with Crippen LogP contribution in [0.1, 0.15) is 37.8 Å². The fourth-order valence-electron chi connectivity index (χ4n) is 2.40. The summed E-state index contributed by atoms with van der Waals surface area (Å²) in [5.41, 5.74) is 2.32. The van der Waals surface area contributed by atoms with E-state index < -0.39 is 0 Å². The number of nitrogens with zero attached hydrogens (tertiary/aromatic N) is 1. The predicted molar refractivity (Wildman–Crippen MR) is 121 cm³/mol. The maximum absolute atomic E-state index is 11.5. The Balaban J connectivity index is 0.00000364. The number of carbonyl (C=O) groups is 1. The van der Waals surface area contributed by atoms with Crippen LogP contribution in [0.2, 0.25) is 0 Å². The number of rotatable bonds is 9. The van der Waals surface area contributed by atoms with Crippen molar-refractivity contribution in [1.29, 1.82) is 0 Å². The number of aryl methyl sites for hydroxylation is 1. The molecule has 0 aliphatic heterocycles. The zero-order chi connectivity index (χ0) is 18.9. The van der Waals surface area contributed by atoms with Gasteiger partial charge in [0.2, 0.25) is 5.91 Å². The highest BCUT2D eigenvalue weighted by molar-refractivity contribution is 14.0. The standard InChI is InChI=1S/C20H32N4O2.HI/c1-14(2)19(25)22-9-10-23-20(21-4)24-12-17-8-5-15(3)11-18(17)26-13-16-6-7-16;/h5,8,11,14,16H,6-7,9-10,12-13H2,1-4H3,(H,22,25)(H2,21,23,24);1H. The quantitative estimate of drug-likeness (QED) is 0.216. The second kappa shape index (κ2) is 12.0. The lowest BCUT2D eigenvalue weighted by Gasteiger charge is -2.16. The van der Waals surface area contributed by atoms with Crippen LogP contribution >= 0.6 is 24.0 Å². The van der Waals surface area contributed by atoms with Gasteiger partial charge in [0.25, 0.3) is 0 Å². The third kappa shape index (κ3) is 8.81. The molecule has 0 spiro atoms. The Hall–Kier alpha value is -1.51. The number of nitrogens with one attached hydrogen (secondary N) is 3. The minimum Gasteiger partial charge on any atom is -0.493 e. The third-order valence-corrected chi connectivity index (χ3v) is 4.31. The maximum atomic E-state index is 11.5. The number of halogens is 1. The van der Waals surface area contributed by atoms with E-state index in [9.17, 15) is 4.79 Å². The smallest absolute Gasteiger partial charge is 0.222 e. The number of carbonyl (C=O) groups excluding carboxylic acids is 1. The number of hydrogen-bond donors (Lipinski definition) is 3. The van der Waals surface area contributed by atoms with Gasteiger partial charge in [-0.15, -0.1) is 24.0 Å². The van der Waals surface area contributed by atoms with Gasteiger partial charge in [-0.05, 0) is 37.3 Å². The lowest BCUT2D eigenvalue weighted by Crippen LogP contribution is -2.41. The molecule has 1 fully saturated rings. The summed E-state index contributed by atoms with van der Waals surface area (Å²) in [4.78, 5) is 15.8. The molecule has 1 saturated carbocycles. The molecule has 1 aromatic carbocycles. The second-order valence-electron chi connectivity index (χ2n) is 7.16. The highest BCUT2D eigenvalue weighted by Crippen LogP contribution is 2.30. The van der Waals surface area contributed by atoms with Crippen LogP contribution in [0.15, 0.2) is 23.2 Å². The predicted octanol–water partition coefficient (Wildman–Crippen LogP) is 2.84. The average Bonchev–Trinajstić information content (AvgIpc) is 3.44. The van der Waals surface area contributed by atoms with Crippen molar-refractivity contribution in [3.05, 3.63) is 29.3 Å². The van der Waals surface area contributed by atoms with E-state index in [4.69, 9.17) is 4.74 Å². The monoisotopic (exact) mass is 488 g/mol. The molecule has 0 radical (unpaired) electrons. The number of guanidine groups is 1. The molecule has 0 atom stereocenters. The second-order valence-corrected chi connectivity index (χ2v) is 7.16. The van der Waals surface area contributed by atoms with Crippen LogP contribution in [0.4, 0.5) is 0 Å². The van der Waals surface area contributed by atoms with Gasteiger partial charge >= 0.3 is 0 Å². The van der Waals surface area contributed by atoms with Crippen LogP contribution in [0.3, 0.4) is 0 Å². The largest absolute Gasteiger partial charge is 0.493 e. The van der Waals surface area contributed by atoms with E-state index in [0.29, 0.717) is 25.6 Å². The van der Waals surface area contributed by atoms with Gasteiger partial charge in [0.05, 0.1) is 6.61 Å². The topological polar surface area (TPSA) is 74.8 Å². The number of benzene rings is 1. The van der Waals surface area contributed by atoms with Crippen molar-refractivity contribution in [1.82, 2.24) is 16.0 Å². The van der Waals surface area contributed by atoms with E-state index in [1.807, 2.05) is 13.8 Å². The molecule has 1 aliphatic carbocycles. The van der Waals surface area contributed by atoms with Crippen LogP contribution in [-0.2, 0) is 11.3 Å². The van der Waals surface area contributed by atoms with Gasteiger partial charge in [-0.3, -0.25) is 9.79 Å². The number of amides is 1. The van der Waals surface area contributed by atoms with Gasteiger partial charge in [0.1, 0.15) is 5.75 Å². The lowest BCUT2D eigenvalue weighted by atomic mass is 10.1. The van der Waals surface area contributed by atoms with Crippen molar-refractivity contribution in [3.8, 4) is 5.75 Å². The summed E-state index contributed by atoms with van der Waals surface area (Å²) in [6.07, 6.45) is 2.56. The van der Waals surface area contributed by atoms with Gasteiger partial charge < -0.3 is 20.7 Å². The molecule has 0 bridgehead atoms. The first kappa shape index (κ1) is 23.5. The summed E-state index contributed by atoms with van der Waals surface area (Å²) < 4.78 is 6.01. The number of ether oxygens (including phenoxy) is 1. The molecule has 7 heteroatoms. The van der Waals surface area contributed by atoms with Crippen molar-refractivity contribution in [2.24, 2.45) is 16.8 Å². The molecule has 152 valence electrons. The van der Waals surface area contributed by atoms with Crippen LogP contribution in [0.5, 0.6) is 5.75 Å². The van der Waals surface area contributed by atoms with Gasteiger partial charge in [0.15, 0.2) is 5.96 Å². The Labute approximate surface area is 179 Å². The molecule has 6 nitrogen and oxygen atoms in total. The zero-order valence-electron chi connectivity index (χ0n) is 16.8. The van der Waals surface area contributed by atoms with Gasteiger partial charge in [0, 0.05) is 38.2 Å². The Morgan fingerprint density at radius 1 is 1.22 bits per heavy atom. The molecule has 0 saturated heterocycles. The molecule has 1 amide bonds. The normalized spacial score (nSPS) is 13.7. The third-order valence-electron chi connectivity index (χ3n) is 4.31. The summed E-state index contributed by atoms with van der Waals surface area (Å²) in [5, 5.41) is 9.39. The summed E-state index contributed by atoms with van der Waals surface area (Å²) >= 11 is 0. The fraction of sp³-hybridized carbons (Fsp3) is 0.600. The van der Waals surface area contributed by atoms with Crippen molar-refractivity contribution in [2.75, 3.05) is 26.7 Å². The van der Waals surface area contributed by atoms with E-state index in [1.165, 1.54) is 18.4 Å². The molecule has 1 aliphatic rings. The van der Waals surface area contributed by atoms with Crippen LogP contribution in [0.25, 0.3) is 0 Å². The van der Waals surface area contributed by atoms with E-state index >= 15 is 0 Å². The molecule has 3 N–H and O–H groups in total. The average molecular weight is 488 g/mol. The van der Waals surface area contributed by atoms with Gasteiger partial charge in [-0.1, -0.05) is 26.0 Å². The minimum atomic E-state index is 0. The minimum absolute atomic E-state index is 0. The van der Waals surface area contributed by atoms with Gasteiger partial charge in [-0.25, -0.2) is 0 Å². The molecule has 1 aromatic rings. The molecule has 0 unspecified atom stereocenters. The fourth-order valence-corrected chi connectivity index (χ4v) is 2.40. The summed E-state index contributed by atoms with van der Waals surface area (Å²) in [5.74, 6) is 2.45. The Morgan fingerprint density at radius 2 is 1.93 bits per heavy atom. The first-order valence-corrected chi connectivity index (χ1v) is 9.44. The zero-order valence-corrected chi connectivity index (χ0v) is 19.1. The van der Waals surface area contributed by atoms with E-state index in [0.717, 1.165) is 23.8 Å². The van der Waals surface area contributed by atoms with Crippen LogP contribution in [-0.4, -0.2) is 38.6 Å². The lowest BCUT2D eigenvalue weighted by molar-refractivity contribution is -0.123. The molecule has 27 heavy (non-hydrogen) atoms. The maximum Gasteiger partial charge on any atom is 0.222 e. The van der Waals surface area contributed by atoms with Crippen LogP contribution < -0.4 is 20.7 Å². The number of aliphatic imine (C=N–C) groups is 1. The molecule has 2 rings (SSSR count). The van der Waals surface area contributed by atoms with Crippen LogP contribution in [0, 0.1) is 18.8 Å². The first-order chi connectivity index (χ1) is 12.5. The van der Waals surface area contributed by atoms with Crippen molar-refractivity contribution >= 4 is 35.8 Å². The SMILES string of the molecule is CN=C(NCCNC(=O)C(C)C)NCc1ccc(C)cc1OCC1CC1.I. The van der Waals surface area contributed by atoms with Crippen molar-refractivity contribution in [2.45, 2.75) is 40.2 Å². The Morgan fingerprint density at radius 3 is 2.56 bits per heavy atom. The van der Waals surface area contributed by atoms with Gasteiger partial charge in [-0.2, -0.15) is 0 Å². The molecule has 0 aromatic heterocycles. The van der Waals surface area contributed by atoms with E-state index in [1.54, 1.807) is 7.05 Å². The Kier molecular flexibility index (Phi) is 10.5. The van der Waals surface area contributed by atoms with Crippen molar-refractivity contribution < 1.29 is 9.53 Å². The number of hydrogen-bond acceptors (Lipinski definition) is 3. The van der Waals surface area contributed by atoms with Crippen molar-refractivity contribution in [3.63, 3.8) is 0 Å². The molecule has 0 heterocycles. The molecular formula is C20H33IN4O2. The summed E-state index contributed by atoms with van der Waals surface area (Å²) in [7, 11) is 1.74.